The fourth-order valence-electron chi connectivity index (χ4n) is 1.96. The highest BCUT2D eigenvalue weighted by Crippen LogP contribution is 2.22. The first-order chi connectivity index (χ1) is 9.89. The second-order valence-electron chi connectivity index (χ2n) is 5.03. The van der Waals surface area contributed by atoms with Gasteiger partial charge in [0.1, 0.15) is 5.75 Å². The lowest BCUT2D eigenvalue weighted by atomic mass is 10.1. The molecule has 7 heteroatoms. The molecule has 2 N–H and O–H groups in total. The SMILES string of the molecule is CNCCS(=O)(=O)NCC(c1cccc(OC)c1)N(C)C. The van der Waals surface area contributed by atoms with Crippen LogP contribution in [0.4, 0.5) is 0 Å². The van der Waals surface area contributed by atoms with Crippen molar-refractivity contribution in [1.29, 1.82) is 0 Å². The lowest BCUT2D eigenvalue weighted by Crippen LogP contribution is -2.37. The normalized spacial score (nSPS) is 13.4. The second kappa shape index (κ2) is 8.33. The zero-order chi connectivity index (χ0) is 15.9. The van der Waals surface area contributed by atoms with E-state index in [9.17, 15) is 8.42 Å². The van der Waals surface area contributed by atoms with Gasteiger partial charge in [0.05, 0.1) is 12.9 Å². The summed E-state index contributed by atoms with van der Waals surface area (Å²) in [7, 11) is 3.92. The first-order valence-corrected chi connectivity index (χ1v) is 8.47. The topological polar surface area (TPSA) is 70.7 Å². The van der Waals surface area contributed by atoms with Gasteiger partial charge in [0.15, 0.2) is 0 Å². The zero-order valence-corrected chi connectivity index (χ0v) is 13.9. The number of likely N-dealkylation sites (N-methyl/N-ethyl adjacent to an activating group) is 1. The number of nitrogens with one attached hydrogen (secondary N) is 2. The van der Waals surface area contributed by atoms with E-state index in [0.717, 1.165) is 11.3 Å². The van der Waals surface area contributed by atoms with Crippen molar-refractivity contribution in [2.24, 2.45) is 0 Å². The van der Waals surface area contributed by atoms with Gasteiger partial charge in [-0.1, -0.05) is 12.1 Å². The fraction of sp³-hybridized carbons (Fsp3) is 0.571. The van der Waals surface area contributed by atoms with Gasteiger partial charge in [-0.3, -0.25) is 0 Å². The Morgan fingerprint density at radius 3 is 2.62 bits per heavy atom. The van der Waals surface area contributed by atoms with Crippen LogP contribution in [0.1, 0.15) is 11.6 Å². The number of rotatable bonds is 9. The third-order valence-electron chi connectivity index (χ3n) is 3.22. The molecule has 0 spiro atoms. The molecule has 0 aromatic heterocycles. The number of sulfonamides is 1. The number of ether oxygens (including phenoxy) is 1. The smallest absolute Gasteiger partial charge is 0.212 e. The summed E-state index contributed by atoms with van der Waals surface area (Å²) in [4.78, 5) is 1.98. The molecule has 21 heavy (non-hydrogen) atoms. The van der Waals surface area contributed by atoms with E-state index in [1.807, 2.05) is 43.3 Å². The van der Waals surface area contributed by atoms with Gasteiger partial charge in [0.25, 0.3) is 0 Å². The van der Waals surface area contributed by atoms with E-state index in [1.165, 1.54) is 0 Å². The molecule has 0 aliphatic carbocycles. The predicted octanol–water partition coefficient (Wildman–Crippen LogP) is 0.437. The summed E-state index contributed by atoms with van der Waals surface area (Å²) >= 11 is 0. The molecule has 0 saturated carbocycles. The minimum Gasteiger partial charge on any atom is -0.497 e. The van der Waals surface area contributed by atoms with Crippen LogP contribution in [-0.2, 0) is 10.0 Å². The van der Waals surface area contributed by atoms with E-state index in [2.05, 4.69) is 10.0 Å². The molecule has 6 nitrogen and oxygen atoms in total. The van der Waals surface area contributed by atoms with Crippen molar-refractivity contribution in [3.05, 3.63) is 29.8 Å². The number of methoxy groups -OCH3 is 1. The highest BCUT2D eigenvalue weighted by atomic mass is 32.2. The maximum atomic E-state index is 11.9. The fourth-order valence-corrected chi connectivity index (χ4v) is 2.99. The lowest BCUT2D eigenvalue weighted by molar-refractivity contribution is 0.298. The summed E-state index contributed by atoms with van der Waals surface area (Å²) in [6.07, 6.45) is 0. The van der Waals surface area contributed by atoms with Crippen LogP contribution >= 0.6 is 0 Å². The minimum absolute atomic E-state index is 0.0514. The van der Waals surface area contributed by atoms with Gasteiger partial charge in [-0.05, 0) is 38.8 Å². The standard InChI is InChI=1S/C14H25N3O3S/c1-15-8-9-21(18,19)16-11-14(17(2)3)12-6-5-7-13(10-12)20-4/h5-7,10,14-16H,8-9,11H2,1-4H3. The van der Waals surface area contributed by atoms with E-state index in [4.69, 9.17) is 4.74 Å². The van der Waals surface area contributed by atoms with Crippen LogP contribution in [0.5, 0.6) is 5.75 Å². The molecule has 0 heterocycles. The first-order valence-electron chi connectivity index (χ1n) is 6.82. The van der Waals surface area contributed by atoms with Crippen LogP contribution < -0.4 is 14.8 Å². The minimum atomic E-state index is -3.27. The highest BCUT2D eigenvalue weighted by Gasteiger charge is 2.18. The first kappa shape index (κ1) is 17.9. The van der Waals surface area contributed by atoms with Crippen molar-refractivity contribution >= 4 is 10.0 Å². The van der Waals surface area contributed by atoms with E-state index in [-0.39, 0.29) is 11.8 Å². The Balaban J connectivity index is 2.78. The quantitative estimate of drug-likeness (QED) is 0.692. The summed E-state index contributed by atoms with van der Waals surface area (Å²) < 4.78 is 31.6. The summed E-state index contributed by atoms with van der Waals surface area (Å²) in [5.74, 6) is 0.833. The van der Waals surface area contributed by atoms with Gasteiger partial charge in [-0.25, -0.2) is 13.1 Å². The summed E-state index contributed by atoms with van der Waals surface area (Å²) in [5.41, 5.74) is 1.01. The maximum absolute atomic E-state index is 11.9. The van der Waals surface area contributed by atoms with Gasteiger partial charge in [-0.15, -0.1) is 0 Å². The van der Waals surface area contributed by atoms with Gasteiger partial charge < -0.3 is 15.0 Å². The Kier molecular flexibility index (Phi) is 7.10. The molecule has 1 rings (SSSR count). The molecular formula is C14H25N3O3S. The molecule has 0 aliphatic heterocycles. The average Bonchev–Trinajstić information content (AvgIpc) is 2.45. The Bertz CT molecular complexity index is 532. The summed E-state index contributed by atoms with van der Waals surface area (Å²) in [6.45, 7) is 0.757. The van der Waals surface area contributed by atoms with Crippen molar-refractivity contribution in [3.63, 3.8) is 0 Å². The number of hydrogen-bond acceptors (Lipinski definition) is 5. The molecule has 120 valence electrons. The monoisotopic (exact) mass is 315 g/mol. The Morgan fingerprint density at radius 2 is 2.05 bits per heavy atom. The Hall–Kier alpha value is -1.15. The van der Waals surface area contributed by atoms with Crippen LogP contribution in [0.3, 0.4) is 0 Å². The predicted molar refractivity (Wildman–Crippen MR) is 85.1 cm³/mol. The molecule has 1 aromatic rings. The van der Waals surface area contributed by atoms with Crippen molar-refractivity contribution in [2.45, 2.75) is 6.04 Å². The van der Waals surface area contributed by atoms with E-state index in [1.54, 1.807) is 14.2 Å². The van der Waals surface area contributed by atoms with Crippen molar-refractivity contribution < 1.29 is 13.2 Å². The molecule has 0 radical (unpaired) electrons. The highest BCUT2D eigenvalue weighted by molar-refractivity contribution is 7.89. The van der Waals surface area contributed by atoms with Gasteiger partial charge >= 0.3 is 0 Å². The Labute approximate surface area is 127 Å². The van der Waals surface area contributed by atoms with Gasteiger partial charge in [0, 0.05) is 19.1 Å². The number of nitrogens with zero attached hydrogens (tertiary/aromatic N) is 1. The molecule has 0 saturated heterocycles. The maximum Gasteiger partial charge on any atom is 0.212 e. The van der Waals surface area contributed by atoms with Crippen molar-refractivity contribution in [2.75, 3.05) is 47.1 Å². The second-order valence-corrected chi connectivity index (χ2v) is 6.95. The lowest BCUT2D eigenvalue weighted by Gasteiger charge is -2.25. The molecule has 1 aromatic carbocycles. The third kappa shape index (κ3) is 6.01. The van der Waals surface area contributed by atoms with Crippen LogP contribution in [0, 0.1) is 0 Å². The zero-order valence-electron chi connectivity index (χ0n) is 13.1. The number of benzene rings is 1. The van der Waals surface area contributed by atoms with Crippen LogP contribution in [-0.4, -0.2) is 60.4 Å². The molecule has 0 amide bonds. The molecule has 0 fully saturated rings. The molecule has 0 aliphatic rings. The summed E-state index contributed by atoms with van der Waals surface area (Å²) in [5, 5.41) is 2.83. The van der Waals surface area contributed by atoms with Gasteiger partial charge in [0.2, 0.25) is 10.0 Å². The molecule has 1 unspecified atom stereocenters. The Morgan fingerprint density at radius 1 is 1.33 bits per heavy atom. The van der Waals surface area contributed by atoms with E-state index < -0.39 is 10.0 Å². The largest absolute Gasteiger partial charge is 0.497 e. The van der Waals surface area contributed by atoms with E-state index in [0.29, 0.717) is 13.1 Å². The van der Waals surface area contributed by atoms with E-state index >= 15 is 0 Å². The molecule has 1 atom stereocenters. The average molecular weight is 315 g/mol. The van der Waals surface area contributed by atoms with Crippen molar-refractivity contribution in [3.8, 4) is 5.75 Å². The molecule has 0 bridgehead atoms. The van der Waals surface area contributed by atoms with Crippen molar-refractivity contribution in [1.82, 2.24) is 14.9 Å². The molecular weight excluding hydrogens is 290 g/mol. The summed E-state index contributed by atoms with van der Waals surface area (Å²) in [6, 6.07) is 7.61. The van der Waals surface area contributed by atoms with Crippen LogP contribution in [0.25, 0.3) is 0 Å². The van der Waals surface area contributed by atoms with Crippen LogP contribution in [0.2, 0.25) is 0 Å². The third-order valence-corrected chi connectivity index (χ3v) is 4.57. The van der Waals surface area contributed by atoms with Gasteiger partial charge in [-0.2, -0.15) is 0 Å². The number of hydrogen-bond donors (Lipinski definition) is 2. The van der Waals surface area contributed by atoms with Crippen LogP contribution in [0.15, 0.2) is 24.3 Å².